The van der Waals surface area contributed by atoms with Crippen LogP contribution in [0.3, 0.4) is 0 Å². The molecule has 1 aromatic carbocycles. The number of hydrogen-bond acceptors (Lipinski definition) is 4. The number of aliphatic hydroxyl groups excluding tert-OH is 1. The number of hydrogen-bond donors (Lipinski definition) is 3. The van der Waals surface area contributed by atoms with Crippen molar-refractivity contribution in [3.8, 4) is 0 Å². The third-order valence-electron chi connectivity index (χ3n) is 9.18. The summed E-state index contributed by atoms with van der Waals surface area (Å²) in [5.74, 6) is 0.737. The van der Waals surface area contributed by atoms with Gasteiger partial charge < -0.3 is 20.8 Å². The molecule has 5 atom stereocenters. The molecule has 1 aromatic rings. The van der Waals surface area contributed by atoms with Crippen LogP contribution in [0.4, 0.5) is 0 Å². The molecular weight excluding hydrogens is 424 g/mol. The van der Waals surface area contributed by atoms with Crippen LogP contribution in [0.15, 0.2) is 30.3 Å². The molecule has 5 nitrogen and oxygen atoms in total. The summed E-state index contributed by atoms with van der Waals surface area (Å²) in [6.45, 7) is 7.91. The van der Waals surface area contributed by atoms with E-state index < -0.39 is 11.8 Å². The molecule has 34 heavy (non-hydrogen) atoms. The summed E-state index contributed by atoms with van der Waals surface area (Å²) >= 11 is 0. The van der Waals surface area contributed by atoms with Crippen LogP contribution in [0.5, 0.6) is 0 Å². The van der Waals surface area contributed by atoms with Crippen LogP contribution in [0, 0.1) is 17.8 Å². The van der Waals surface area contributed by atoms with Crippen molar-refractivity contribution in [2.45, 2.75) is 109 Å². The second-order valence-electron chi connectivity index (χ2n) is 11.3. The van der Waals surface area contributed by atoms with E-state index in [4.69, 9.17) is 5.73 Å². The van der Waals surface area contributed by atoms with Crippen molar-refractivity contribution in [3.05, 3.63) is 35.9 Å². The quantitative estimate of drug-likeness (QED) is 0.465. The molecule has 2 fully saturated rings. The van der Waals surface area contributed by atoms with Crippen molar-refractivity contribution >= 4 is 5.91 Å². The summed E-state index contributed by atoms with van der Waals surface area (Å²) in [5.41, 5.74) is 6.55. The summed E-state index contributed by atoms with van der Waals surface area (Å²) < 4.78 is 0. The van der Waals surface area contributed by atoms with Gasteiger partial charge >= 0.3 is 0 Å². The highest BCUT2D eigenvalue weighted by atomic mass is 16.3. The average molecular weight is 473 g/mol. The van der Waals surface area contributed by atoms with Gasteiger partial charge in [-0.1, -0.05) is 63.9 Å². The van der Waals surface area contributed by atoms with E-state index >= 15 is 0 Å². The Hall–Kier alpha value is -1.43. The lowest BCUT2D eigenvalue weighted by Gasteiger charge is -2.42. The van der Waals surface area contributed by atoms with E-state index in [1.54, 1.807) is 0 Å². The summed E-state index contributed by atoms with van der Waals surface area (Å²) in [4.78, 5) is 15.6. The standard InChI is InChI=1S/C29H48N2O3/c1-4-22(2)29(25-12-6-5-7-13-25)17-8-11-24(21-28(34)15-9-16-28)23(3)27(33)31(19-10-18-29)20-14-26(30)32/h5-7,12-13,22-24,26,32,34H,4,8-11,14-21,30H2,1-3H3/t22?,23-,24?,26?,29+/m1/s1. The first-order chi connectivity index (χ1) is 16.2. The Morgan fingerprint density at radius 3 is 2.38 bits per heavy atom. The predicted octanol–water partition coefficient (Wildman–Crippen LogP) is 4.99. The zero-order valence-electron chi connectivity index (χ0n) is 21.7. The number of carbonyl (C=O) groups is 1. The highest BCUT2D eigenvalue weighted by Gasteiger charge is 2.42. The topological polar surface area (TPSA) is 86.8 Å². The molecule has 1 amide bonds. The van der Waals surface area contributed by atoms with Crippen LogP contribution in [0.1, 0.15) is 97.0 Å². The second-order valence-corrected chi connectivity index (χ2v) is 11.3. The fourth-order valence-corrected chi connectivity index (χ4v) is 6.53. The Morgan fingerprint density at radius 2 is 1.79 bits per heavy atom. The lowest BCUT2D eigenvalue weighted by molar-refractivity contribution is -0.139. The lowest BCUT2D eigenvalue weighted by Crippen LogP contribution is -2.44. The zero-order chi connectivity index (χ0) is 24.8. The molecule has 5 heteroatoms. The molecule has 0 radical (unpaired) electrons. The van der Waals surface area contributed by atoms with Crippen LogP contribution < -0.4 is 5.73 Å². The SMILES string of the molecule is CCC(C)[C@]1(c2ccccc2)CCCC(CC2(O)CCC2)[C@@H](C)C(=O)N(CCC(N)O)CCC1. The Labute approximate surface area is 207 Å². The maximum absolute atomic E-state index is 13.6. The summed E-state index contributed by atoms with van der Waals surface area (Å²) in [6.07, 6.45) is 9.25. The minimum atomic E-state index is -0.906. The van der Waals surface area contributed by atoms with Crippen molar-refractivity contribution in [3.63, 3.8) is 0 Å². The molecule has 1 saturated heterocycles. The van der Waals surface area contributed by atoms with Crippen molar-refractivity contribution < 1.29 is 15.0 Å². The number of amides is 1. The van der Waals surface area contributed by atoms with E-state index in [9.17, 15) is 15.0 Å². The maximum atomic E-state index is 13.6. The van der Waals surface area contributed by atoms with Gasteiger partial charge in [-0.2, -0.15) is 0 Å². The molecule has 3 rings (SSSR count). The smallest absolute Gasteiger partial charge is 0.225 e. The first kappa shape index (κ1) is 27.2. The Morgan fingerprint density at radius 1 is 1.12 bits per heavy atom. The number of nitrogens with zero attached hydrogens (tertiary/aromatic N) is 1. The number of benzene rings is 1. The number of rotatable bonds is 8. The second kappa shape index (κ2) is 12.0. The van der Waals surface area contributed by atoms with Crippen molar-refractivity contribution in [1.82, 2.24) is 4.90 Å². The predicted molar refractivity (Wildman–Crippen MR) is 138 cm³/mol. The Bertz CT molecular complexity index is 764. The molecule has 4 N–H and O–H groups in total. The van der Waals surface area contributed by atoms with Gasteiger partial charge in [0.25, 0.3) is 0 Å². The van der Waals surface area contributed by atoms with Crippen molar-refractivity contribution in [2.75, 3.05) is 13.1 Å². The number of aliphatic hydroxyl groups is 2. The molecule has 1 aliphatic heterocycles. The molecule has 192 valence electrons. The van der Waals surface area contributed by atoms with Gasteiger partial charge in [0, 0.05) is 25.4 Å². The van der Waals surface area contributed by atoms with Gasteiger partial charge in [0.05, 0.1) is 5.60 Å². The van der Waals surface area contributed by atoms with Crippen LogP contribution in [-0.2, 0) is 10.2 Å². The first-order valence-corrected chi connectivity index (χ1v) is 13.7. The minimum absolute atomic E-state index is 0.0869. The number of carbonyl (C=O) groups excluding carboxylic acids is 1. The fourth-order valence-electron chi connectivity index (χ4n) is 6.53. The summed E-state index contributed by atoms with van der Waals surface area (Å²) in [6, 6.07) is 11.0. The fraction of sp³-hybridized carbons (Fsp3) is 0.759. The lowest BCUT2D eigenvalue weighted by atomic mass is 9.63. The third kappa shape index (κ3) is 6.41. The molecule has 1 saturated carbocycles. The molecular formula is C29H48N2O3. The van der Waals surface area contributed by atoms with Crippen molar-refractivity contribution in [2.24, 2.45) is 23.5 Å². The summed E-state index contributed by atoms with van der Waals surface area (Å²) in [5, 5.41) is 20.7. The van der Waals surface area contributed by atoms with Gasteiger partial charge in [-0.15, -0.1) is 0 Å². The van der Waals surface area contributed by atoms with Crippen LogP contribution in [0.25, 0.3) is 0 Å². The van der Waals surface area contributed by atoms with E-state index in [1.807, 2.05) is 4.90 Å². The Balaban J connectivity index is 1.91. The molecule has 0 bridgehead atoms. The van der Waals surface area contributed by atoms with E-state index in [1.165, 1.54) is 5.56 Å². The molecule has 2 aliphatic rings. The highest BCUT2D eigenvalue weighted by Crippen LogP contribution is 2.46. The van der Waals surface area contributed by atoms with Crippen molar-refractivity contribution in [1.29, 1.82) is 0 Å². The van der Waals surface area contributed by atoms with E-state index in [0.29, 0.717) is 25.4 Å². The van der Waals surface area contributed by atoms with E-state index in [2.05, 4.69) is 51.1 Å². The Kier molecular flexibility index (Phi) is 9.59. The monoisotopic (exact) mass is 472 g/mol. The van der Waals surface area contributed by atoms with E-state index in [-0.39, 0.29) is 23.2 Å². The summed E-state index contributed by atoms with van der Waals surface area (Å²) in [7, 11) is 0. The molecule has 3 unspecified atom stereocenters. The van der Waals surface area contributed by atoms with Gasteiger partial charge in [0.2, 0.25) is 5.91 Å². The molecule has 1 aliphatic carbocycles. The highest BCUT2D eigenvalue weighted by molar-refractivity contribution is 5.78. The van der Waals surface area contributed by atoms with Gasteiger partial charge in [-0.25, -0.2) is 0 Å². The van der Waals surface area contributed by atoms with Gasteiger partial charge in [-0.3, -0.25) is 4.79 Å². The van der Waals surface area contributed by atoms with E-state index in [0.717, 1.165) is 64.2 Å². The molecule has 1 heterocycles. The number of nitrogens with two attached hydrogens (primary N) is 1. The molecule has 0 aromatic heterocycles. The molecule has 0 spiro atoms. The van der Waals surface area contributed by atoms with Gasteiger partial charge in [0.1, 0.15) is 6.23 Å². The zero-order valence-corrected chi connectivity index (χ0v) is 21.7. The minimum Gasteiger partial charge on any atom is -0.390 e. The van der Waals surface area contributed by atoms with Crippen LogP contribution in [-0.4, -0.2) is 45.9 Å². The van der Waals surface area contributed by atoms with Gasteiger partial charge in [0.15, 0.2) is 0 Å². The first-order valence-electron chi connectivity index (χ1n) is 13.7. The normalized spacial score (nSPS) is 30.2. The maximum Gasteiger partial charge on any atom is 0.225 e. The van der Waals surface area contributed by atoms with Crippen LogP contribution >= 0.6 is 0 Å². The van der Waals surface area contributed by atoms with Gasteiger partial charge in [-0.05, 0) is 74.2 Å². The average Bonchev–Trinajstić information content (AvgIpc) is 2.83. The largest absolute Gasteiger partial charge is 0.390 e. The van der Waals surface area contributed by atoms with Crippen LogP contribution in [0.2, 0.25) is 0 Å². The third-order valence-corrected chi connectivity index (χ3v) is 9.18.